The Labute approximate surface area is 389 Å². The second kappa shape index (κ2) is 21.9. The molecule has 6 aromatic rings. The van der Waals surface area contributed by atoms with Crippen molar-refractivity contribution in [2.75, 3.05) is 34.0 Å². The highest BCUT2D eigenvalue weighted by molar-refractivity contribution is 7.44. The van der Waals surface area contributed by atoms with Crippen LogP contribution in [0.25, 0.3) is 11.0 Å². The van der Waals surface area contributed by atoms with Crippen LogP contribution in [0.15, 0.2) is 124 Å². The summed E-state index contributed by atoms with van der Waals surface area (Å²) in [5, 5.41) is 12.1. The Kier molecular flexibility index (Phi) is 15.9. The number of hydrogen-bond donors (Lipinski definition) is 3. The number of methoxy groups -OCH3 is 2. The van der Waals surface area contributed by atoms with E-state index in [9.17, 15) is 24.4 Å². The lowest BCUT2D eigenvalue weighted by Gasteiger charge is -2.39. The molecule has 17 nitrogen and oxygen atoms in total. The number of aromatic amines is 2. The van der Waals surface area contributed by atoms with Gasteiger partial charge in [0.05, 0.1) is 57.1 Å². The van der Waals surface area contributed by atoms with Gasteiger partial charge in [0.25, 0.3) is 20.0 Å². The zero-order valence-corrected chi connectivity index (χ0v) is 39.2. The van der Waals surface area contributed by atoms with Gasteiger partial charge in [-0.25, -0.2) is 14.3 Å². The lowest BCUT2D eigenvalue weighted by atomic mass is 9.80. The number of carbonyl (C=O) groups excluding carboxylic acids is 1. The number of carbonyl (C=O) groups is 1. The van der Waals surface area contributed by atoms with Gasteiger partial charge in [-0.3, -0.25) is 23.7 Å². The van der Waals surface area contributed by atoms with E-state index in [-0.39, 0.29) is 62.5 Å². The smallest absolute Gasteiger partial charge is 0.330 e. The number of benzene rings is 4. The van der Waals surface area contributed by atoms with Gasteiger partial charge in [-0.15, -0.1) is 0 Å². The summed E-state index contributed by atoms with van der Waals surface area (Å²) in [5.74, 6) is 0.563. The van der Waals surface area contributed by atoms with Gasteiger partial charge in [0, 0.05) is 37.8 Å². The van der Waals surface area contributed by atoms with Crippen LogP contribution in [0.5, 0.6) is 11.5 Å². The molecule has 7 rings (SSSR count). The van der Waals surface area contributed by atoms with Gasteiger partial charge in [-0.05, 0) is 80.8 Å². The van der Waals surface area contributed by atoms with Gasteiger partial charge in [-0.1, -0.05) is 66.7 Å². The molecule has 3 heterocycles. The zero-order chi connectivity index (χ0) is 47.7. The molecule has 0 spiro atoms. The number of H-pyrrole nitrogens is 2. The molecule has 4 aromatic carbocycles. The van der Waals surface area contributed by atoms with E-state index >= 15 is 0 Å². The fourth-order valence-corrected chi connectivity index (χ4v) is 10.1. The number of nitriles is 1. The predicted octanol–water partition coefficient (Wildman–Crippen LogP) is 6.58. The van der Waals surface area contributed by atoms with Gasteiger partial charge in [0.1, 0.15) is 35.0 Å². The van der Waals surface area contributed by atoms with E-state index in [0.29, 0.717) is 22.5 Å². The Morgan fingerprint density at radius 3 is 2.09 bits per heavy atom. The van der Waals surface area contributed by atoms with Crippen LogP contribution in [0.2, 0.25) is 0 Å². The highest BCUT2D eigenvalue weighted by Gasteiger charge is 2.45. The number of fused-ring (bicyclic) bond motifs is 1. The van der Waals surface area contributed by atoms with Crippen molar-refractivity contribution in [2.24, 2.45) is 0 Å². The minimum atomic E-state index is -1.80. The SMILES string of the molecule is COc1ccc(C(OC[C@H]2O[C@@H](n3cc(C(=O)NCCn4c(=O)[nH]c5ccccc54)c(=O)[nH]c3=O)C[C@@H]2OP(OCCC#N)N(C(C)C)C(C)C)(c2ccccc2)c2ccc(OC)cc2)cc1. The number of para-hydroxylation sites is 2. The lowest BCUT2D eigenvalue weighted by molar-refractivity contribution is -0.0926. The minimum absolute atomic E-state index is 0.0114. The monoisotopic (exact) mass is 933 g/mol. The van der Waals surface area contributed by atoms with Gasteiger partial charge >= 0.3 is 11.4 Å². The maximum atomic E-state index is 13.7. The Morgan fingerprint density at radius 1 is 0.866 bits per heavy atom. The van der Waals surface area contributed by atoms with Crippen molar-refractivity contribution in [1.29, 1.82) is 5.26 Å². The fourth-order valence-electron chi connectivity index (χ4n) is 8.39. The Bertz CT molecular complexity index is 2760. The summed E-state index contributed by atoms with van der Waals surface area (Å²) >= 11 is 0. The van der Waals surface area contributed by atoms with E-state index in [2.05, 4.69) is 26.0 Å². The molecular weight excluding hydrogens is 878 g/mol. The third kappa shape index (κ3) is 10.8. The van der Waals surface area contributed by atoms with Crippen molar-refractivity contribution in [3.63, 3.8) is 0 Å². The van der Waals surface area contributed by atoms with E-state index in [0.717, 1.165) is 16.7 Å². The molecule has 1 aliphatic heterocycles. The summed E-state index contributed by atoms with van der Waals surface area (Å²) in [4.78, 5) is 58.3. The maximum absolute atomic E-state index is 13.7. The standard InChI is InChI=1S/C49H56N7O10P/c1-32(2)56(33(3)4)67(64-28-12-25-50)66-42-29-44(55-30-39(46(58)53-48(55)60)45(57)51-26-27-54-41-16-11-10-15-40(41)52-47(54)59)65-43(42)31-63-49(34-13-8-7-9-14-34,35-17-21-37(61-5)22-18-35)36-19-23-38(62-6)24-20-36/h7-11,13-24,30,32-33,42-44H,12,26-29,31H2,1-6H3,(H,51,57)(H,52,59)(H,53,58,60)/t42-,43+,44+,67?/m0/s1. The number of aromatic nitrogens is 4. The van der Waals surface area contributed by atoms with Crippen LogP contribution >= 0.6 is 8.53 Å². The Hall–Kier alpha value is -6.38. The summed E-state index contributed by atoms with van der Waals surface area (Å²) < 4.78 is 43.2. The predicted molar refractivity (Wildman–Crippen MR) is 253 cm³/mol. The van der Waals surface area contributed by atoms with Gasteiger partial charge in [0.2, 0.25) is 0 Å². The highest BCUT2D eigenvalue weighted by Crippen LogP contribution is 2.50. The first-order chi connectivity index (χ1) is 32.4. The second-order valence-electron chi connectivity index (χ2n) is 16.4. The average Bonchev–Trinajstić information content (AvgIpc) is 3.88. The van der Waals surface area contributed by atoms with E-state index < -0.39 is 49.7 Å². The average molecular weight is 934 g/mol. The first-order valence-electron chi connectivity index (χ1n) is 22.1. The summed E-state index contributed by atoms with van der Waals surface area (Å²) in [6.45, 7) is 8.30. The molecule has 1 saturated heterocycles. The molecule has 18 heteroatoms. The van der Waals surface area contributed by atoms with E-state index in [1.807, 2.05) is 113 Å². The molecule has 3 N–H and O–H groups in total. The topological polar surface area (TPSA) is 204 Å². The minimum Gasteiger partial charge on any atom is -0.497 e. The molecule has 1 fully saturated rings. The molecule has 352 valence electrons. The molecular formula is C49H56N7O10P. The summed E-state index contributed by atoms with van der Waals surface area (Å²) in [5.41, 5.74) is 0.102. The van der Waals surface area contributed by atoms with Crippen molar-refractivity contribution in [3.8, 4) is 17.6 Å². The molecule has 1 amide bonds. The largest absolute Gasteiger partial charge is 0.497 e. The highest BCUT2D eigenvalue weighted by atomic mass is 31.2. The lowest BCUT2D eigenvalue weighted by Crippen LogP contribution is -2.40. The summed E-state index contributed by atoms with van der Waals surface area (Å²) in [6, 6.07) is 34.3. The fraction of sp³-hybridized carbons (Fsp3) is 0.367. The normalized spacial score (nSPS) is 16.7. The van der Waals surface area contributed by atoms with Crippen molar-refractivity contribution in [2.45, 2.75) is 83.2 Å². The van der Waals surface area contributed by atoms with Crippen LogP contribution in [0.3, 0.4) is 0 Å². The first kappa shape index (κ1) is 48.6. The number of ether oxygens (including phenoxy) is 4. The van der Waals surface area contributed by atoms with E-state index in [1.54, 1.807) is 32.4 Å². The number of imidazole rings is 1. The quantitative estimate of drug-likeness (QED) is 0.0398. The van der Waals surface area contributed by atoms with Gasteiger partial charge in [-0.2, -0.15) is 5.26 Å². The van der Waals surface area contributed by atoms with Crippen LogP contribution in [0.4, 0.5) is 0 Å². The van der Waals surface area contributed by atoms with Crippen LogP contribution in [-0.4, -0.2) is 87.9 Å². The molecule has 0 bridgehead atoms. The van der Waals surface area contributed by atoms with Crippen LogP contribution < -0.4 is 31.7 Å². The van der Waals surface area contributed by atoms with Gasteiger partial charge < -0.3 is 38.3 Å². The third-order valence-corrected chi connectivity index (χ3v) is 13.7. The van der Waals surface area contributed by atoms with E-state index in [1.165, 1.54) is 15.3 Å². The molecule has 2 aromatic heterocycles. The molecule has 4 atom stereocenters. The zero-order valence-electron chi connectivity index (χ0n) is 38.3. The molecule has 67 heavy (non-hydrogen) atoms. The summed E-state index contributed by atoms with van der Waals surface area (Å²) in [6.07, 6.45) is -1.27. The number of nitrogens with one attached hydrogen (secondary N) is 3. The number of hydrogen-bond acceptors (Lipinski definition) is 12. The Balaban J connectivity index is 1.25. The summed E-state index contributed by atoms with van der Waals surface area (Å²) in [7, 11) is 1.40. The number of rotatable bonds is 21. The number of amides is 1. The van der Waals surface area contributed by atoms with Crippen LogP contribution in [0.1, 0.15) is 73.8 Å². The molecule has 1 aliphatic rings. The van der Waals surface area contributed by atoms with Crippen molar-refractivity contribution >= 4 is 25.5 Å². The molecule has 0 aliphatic carbocycles. The van der Waals surface area contributed by atoms with Crippen LogP contribution in [-0.2, 0) is 30.7 Å². The maximum Gasteiger partial charge on any atom is 0.330 e. The van der Waals surface area contributed by atoms with Crippen LogP contribution in [0, 0.1) is 11.3 Å². The van der Waals surface area contributed by atoms with Crippen molar-refractivity contribution < 1.29 is 32.8 Å². The molecule has 1 unspecified atom stereocenters. The van der Waals surface area contributed by atoms with Crippen molar-refractivity contribution in [3.05, 3.63) is 163 Å². The second-order valence-corrected chi connectivity index (χ2v) is 17.8. The van der Waals surface area contributed by atoms with E-state index in [4.69, 9.17) is 28.0 Å². The molecule has 0 saturated carbocycles. The van der Waals surface area contributed by atoms with Gasteiger partial charge in [0.15, 0.2) is 0 Å². The number of nitrogens with zero attached hydrogens (tertiary/aromatic N) is 4. The molecule has 0 radical (unpaired) electrons. The van der Waals surface area contributed by atoms with Crippen molar-refractivity contribution in [1.82, 2.24) is 29.1 Å². The third-order valence-electron chi connectivity index (χ3n) is 11.5. The first-order valence-corrected chi connectivity index (χ1v) is 23.2. The Morgan fingerprint density at radius 2 is 1.48 bits per heavy atom.